The number of fused-ring (bicyclic) bond motifs is 1. The number of hydrogen-bond acceptors (Lipinski definition) is 4. The Labute approximate surface area is 111 Å². The molecular formula is C8H10NNaO4S. The number of rotatable bonds is 0. The maximum absolute atomic E-state index is 11.1. The summed E-state index contributed by atoms with van der Waals surface area (Å²) in [5.74, 6) is -0.550. The first kappa shape index (κ1) is 14.6. The summed E-state index contributed by atoms with van der Waals surface area (Å²) < 4.78 is 24.2. The summed E-state index contributed by atoms with van der Waals surface area (Å²) >= 11 is 0. The van der Waals surface area contributed by atoms with E-state index in [-0.39, 0.29) is 41.4 Å². The predicted octanol–water partition coefficient (Wildman–Crippen LogP) is -3.16. The standard InChI is InChI=1S/C7H5NO3S.CH4O.Na.H/c9-7-5-3-1-2-4-6(5)12(10,11)8-7;1-2;;/h1-4H,(H,8,9);2H,1H3;;/q;;+1;-1. The van der Waals surface area contributed by atoms with Crippen LogP contribution in [0.1, 0.15) is 11.8 Å². The van der Waals surface area contributed by atoms with Crippen LogP contribution in [0.5, 0.6) is 0 Å². The van der Waals surface area contributed by atoms with Gasteiger partial charge in [0.1, 0.15) is 4.90 Å². The van der Waals surface area contributed by atoms with Crippen molar-refractivity contribution < 1.29 is 49.3 Å². The van der Waals surface area contributed by atoms with Gasteiger partial charge >= 0.3 is 29.6 Å². The molecule has 0 fully saturated rings. The molecule has 1 aliphatic rings. The van der Waals surface area contributed by atoms with Gasteiger partial charge in [-0.3, -0.25) is 4.79 Å². The van der Waals surface area contributed by atoms with E-state index in [1.807, 2.05) is 4.72 Å². The third kappa shape index (κ3) is 2.79. The minimum atomic E-state index is -3.55. The van der Waals surface area contributed by atoms with E-state index in [0.717, 1.165) is 7.11 Å². The second kappa shape index (κ2) is 5.62. The van der Waals surface area contributed by atoms with E-state index < -0.39 is 15.9 Å². The van der Waals surface area contributed by atoms with Gasteiger partial charge in [-0.2, -0.15) is 0 Å². The van der Waals surface area contributed by atoms with Gasteiger partial charge in [0.2, 0.25) is 0 Å². The fraction of sp³-hybridized carbons (Fsp3) is 0.125. The van der Waals surface area contributed by atoms with Crippen LogP contribution in [-0.4, -0.2) is 26.5 Å². The van der Waals surface area contributed by atoms with Crippen molar-refractivity contribution in [2.75, 3.05) is 7.11 Å². The van der Waals surface area contributed by atoms with Crippen LogP contribution >= 0.6 is 0 Å². The summed E-state index contributed by atoms with van der Waals surface area (Å²) in [4.78, 5) is 11.1. The zero-order valence-corrected chi connectivity index (χ0v) is 11.2. The van der Waals surface area contributed by atoms with Gasteiger partial charge in [-0.25, -0.2) is 13.1 Å². The Morgan fingerprint density at radius 2 is 1.80 bits per heavy atom. The van der Waals surface area contributed by atoms with Crippen molar-refractivity contribution in [3.8, 4) is 0 Å². The maximum atomic E-state index is 11.1. The van der Waals surface area contributed by atoms with Gasteiger partial charge < -0.3 is 6.53 Å². The molecule has 2 rings (SSSR count). The number of nitrogens with one attached hydrogen (secondary N) is 1. The molecule has 0 unspecified atom stereocenters. The van der Waals surface area contributed by atoms with E-state index >= 15 is 0 Å². The number of hydrogen-bond donors (Lipinski definition) is 2. The quantitative estimate of drug-likeness (QED) is 0.468. The van der Waals surface area contributed by atoms with Crippen molar-refractivity contribution in [3.63, 3.8) is 0 Å². The van der Waals surface area contributed by atoms with Crippen LogP contribution in [0, 0.1) is 0 Å². The molecule has 2 N–H and O–H groups in total. The van der Waals surface area contributed by atoms with Gasteiger partial charge in [-0.1, -0.05) is 12.1 Å². The summed E-state index contributed by atoms with van der Waals surface area (Å²) in [6.45, 7) is 0. The third-order valence-corrected chi connectivity index (χ3v) is 3.04. The molecule has 0 bridgehead atoms. The zero-order valence-electron chi connectivity index (χ0n) is 9.39. The van der Waals surface area contributed by atoms with Crippen molar-refractivity contribution in [2.24, 2.45) is 0 Å². The van der Waals surface area contributed by atoms with E-state index in [4.69, 9.17) is 5.11 Å². The number of benzene rings is 1. The van der Waals surface area contributed by atoms with Crippen molar-refractivity contribution in [3.05, 3.63) is 29.8 Å². The number of carbonyl (C=O) groups excluding carboxylic acids is 1. The molecule has 7 heteroatoms. The molecule has 1 heterocycles. The third-order valence-electron chi connectivity index (χ3n) is 1.65. The molecule has 1 aliphatic heterocycles. The molecule has 0 saturated heterocycles. The summed E-state index contributed by atoms with van der Waals surface area (Å²) in [6, 6.07) is 6.09. The van der Waals surface area contributed by atoms with Gasteiger partial charge in [0.05, 0.1) is 5.56 Å². The van der Waals surface area contributed by atoms with Crippen molar-refractivity contribution in [2.45, 2.75) is 4.90 Å². The van der Waals surface area contributed by atoms with Gasteiger partial charge in [0.15, 0.2) is 0 Å². The Balaban J connectivity index is 0. The Morgan fingerprint density at radius 1 is 1.27 bits per heavy atom. The molecule has 78 valence electrons. The topological polar surface area (TPSA) is 83.5 Å². The maximum Gasteiger partial charge on any atom is 1.00 e. The first-order chi connectivity index (χ1) is 6.61. The first-order valence-electron chi connectivity index (χ1n) is 3.72. The number of carbonyl (C=O) groups is 1. The van der Waals surface area contributed by atoms with Crippen molar-refractivity contribution in [1.29, 1.82) is 0 Å². The molecule has 0 spiro atoms. The van der Waals surface area contributed by atoms with E-state index in [2.05, 4.69) is 0 Å². The van der Waals surface area contributed by atoms with Crippen LogP contribution in [0.15, 0.2) is 29.2 Å². The molecule has 1 amide bonds. The largest absolute Gasteiger partial charge is 1.00 e. The molecule has 0 saturated carbocycles. The Bertz CT molecular complexity index is 463. The molecule has 0 atom stereocenters. The van der Waals surface area contributed by atoms with Gasteiger partial charge in [-0.15, -0.1) is 0 Å². The van der Waals surface area contributed by atoms with Crippen LogP contribution < -0.4 is 34.3 Å². The minimum absolute atomic E-state index is 0. The van der Waals surface area contributed by atoms with Crippen LogP contribution in [0.3, 0.4) is 0 Å². The number of aliphatic hydroxyl groups excluding tert-OH is 1. The van der Waals surface area contributed by atoms with Crippen LogP contribution in [0.25, 0.3) is 0 Å². The smallest absolute Gasteiger partial charge is 1.00 e. The number of aliphatic hydroxyl groups is 1. The van der Waals surface area contributed by atoms with Crippen molar-refractivity contribution in [1.82, 2.24) is 4.72 Å². The average Bonchev–Trinajstić information content (AvgIpc) is 2.42. The molecular weight excluding hydrogens is 229 g/mol. The van der Waals surface area contributed by atoms with Gasteiger partial charge in [0.25, 0.3) is 15.9 Å². The SMILES string of the molecule is CO.O=C1NS(=O)(=O)c2ccccc21.[H-].[Na+]. The monoisotopic (exact) mass is 239 g/mol. The molecule has 5 nitrogen and oxygen atoms in total. The second-order valence-electron chi connectivity index (χ2n) is 2.43. The Morgan fingerprint density at radius 3 is 2.33 bits per heavy atom. The molecule has 1 aromatic carbocycles. The number of sulfonamides is 1. The molecule has 0 aromatic heterocycles. The second-order valence-corrected chi connectivity index (χ2v) is 4.08. The van der Waals surface area contributed by atoms with Gasteiger partial charge in [0, 0.05) is 7.11 Å². The normalized spacial score (nSPS) is 15.2. The van der Waals surface area contributed by atoms with Crippen molar-refractivity contribution >= 4 is 15.9 Å². The molecule has 15 heavy (non-hydrogen) atoms. The predicted molar refractivity (Wildman–Crippen MR) is 50.3 cm³/mol. The fourth-order valence-electron chi connectivity index (χ4n) is 1.12. The fourth-order valence-corrected chi connectivity index (χ4v) is 2.29. The number of amides is 1. The van der Waals surface area contributed by atoms with Crippen LogP contribution in [-0.2, 0) is 10.0 Å². The van der Waals surface area contributed by atoms with E-state index in [1.54, 1.807) is 12.1 Å². The molecule has 0 radical (unpaired) electrons. The Kier molecular flexibility index (Phi) is 5.47. The minimum Gasteiger partial charge on any atom is -1.00 e. The summed E-state index contributed by atoms with van der Waals surface area (Å²) in [5, 5.41) is 7.00. The molecule has 0 aliphatic carbocycles. The van der Waals surface area contributed by atoms with E-state index in [0.29, 0.717) is 0 Å². The first-order valence-corrected chi connectivity index (χ1v) is 5.20. The van der Waals surface area contributed by atoms with Crippen LogP contribution in [0.2, 0.25) is 0 Å². The molecule has 1 aromatic rings. The van der Waals surface area contributed by atoms with Crippen LogP contribution in [0.4, 0.5) is 0 Å². The van der Waals surface area contributed by atoms with Gasteiger partial charge in [-0.05, 0) is 12.1 Å². The summed E-state index contributed by atoms with van der Waals surface area (Å²) in [6.07, 6.45) is 0. The van der Waals surface area contributed by atoms with E-state index in [9.17, 15) is 13.2 Å². The summed E-state index contributed by atoms with van der Waals surface area (Å²) in [5.41, 5.74) is 0.220. The zero-order chi connectivity index (χ0) is 10.8. The average molecular weight is 239 g/mol. The Hall–Kier alpha value is -0.400. The van der Waals surface area contributed by atoms with E-state index in [1.165, 1.54) is 12.1 Å². The summed E-state index contributed by atoms with van der Waals surface area (Å²) in [7, 11) is -2.55.